The first-order chi connectivity index (χ1) is 17.1. The molecule has 2 aromatic carbocycles. The summed E-state index contributed by atoms with van der Waals surface area (Å²) in [6, 6.07) is 13.8. The lowest BCUT2D eigenvalue weighted by atomic mass is 10.0. The van der Waals surface area contributed by atoms with Gasteiger partial charge in [0.05, 0.1) is 11.4 Å². The molecule has 0 aliphatic carbocycles. The molecule has 0 radical (unpaired) electrons. The van der Waals surface area contributed by atoms with Gasteiger partial charge in [0.2, 0.25) is 0 Å². The van der Waals surface area contributed by atoms with E-state index in [0.29, 0.717) is 0 Å². The van der Waals surface area contributed by atoms with Crippen LogP contribution in [0.3, 0.4) is 0 Å². The highest BCUT2D eigenvalue weighted by Gasteiger charge is 2.38. The molecule has 1 aromatic heterocycles. The van der Waals surface area contributed by atoms with Gasteiger partial charge in [0, 0.05) is 24.8 Å². The van der Waals surface area contributed by atoms with Crippen molar-refractivity contribution in [2.75, 3.05) is 12.8 Å². The van der Waals surface area contributed by atoms with Gasteiger partial charge in [-0.1, -0.05) is 30.3 Å². The Morgan fingerprint density at radius 2 is 1.70 bits per heavy atom. The van der Waals surface area contributed by atoms with E-state index in [1.54, 1.807) is 24.3 Å². The molecule has 0 aliphatic heterocycles. The molecule has 0 amide bonds. The van der Waals surface area contributed by atoms with Gasteiger partial charge in [0.15, 0.2) is 9.84 Å². The maximum absolute atomic E-state index is 12.9. The summed E-state index contributed by atoms with van der Waals surface area (Å²) < 4.78 is 82.1. The lowest BCUT2D eigenvalue weighted by molar-refractivity contribution is -0.192. The predicted octanol–water partition coefficient (Wildman–Crippen LogP) is 2.98. The number of aromatic amines is 1. The number of hydrogen-bond donors (Lipinski definition) is 3. The van der Waals surface area contributed by atoms with Crippen molar-refractivity contribution in [1.82, 2.24) is 14.8 Å². The number of sulfone groups is 1. The monoisotopic (exact) mass is 548 g/mol. The number of hydrogen-bond acceptors (Lipinski definition) is 6. The van der Waals surface area contributed by atoms with Crippen molar-refractivity contribution < 1.29 is 40.3 Å². The maximum atomic E-state index is 12.9. The Bertz CT molecular complexity index is 1440. The average molecular weight is 548 g/mol. The molecule has 0 aliphatic rings. The summed E-state index contributed by atoms with van der Waals surface area (Å²) in [5.41, 5.74) is 6.94. The minimum Gasteiger partial charge on any atom is -0.475 e. The second-order valence-corrected chi connectivity index (χ2v) is 9.59. The molecule has 0 unspecified atom stereocenters. The van der Waals surface area contributed by atoms with Gasteiger partial charge in [0.25, 0.3) is 6.08 Å². The summed E-state index contributed by atoms with van der Waals surface area (Å²) in [6.45, 7) is -0.200. The van der Waals surface area contributed by atoms with E-state index in [4.69, 9.17) is 15.6 Å². The van der Waals surface area contributed by atoms with Crippen molar-refractivity contribution in [3.63, 3.8) is 0 Å². The van der Waals surface area contributed by atoms with Crippen molar-refractivity contribution in [2.45, 2.75) is 24.0 Å². The molecule has 0 saturated carbocycles. The van der Waals surface area contributed by atoms with Crippen LogP contribution < -0.4 is 11.4 Å². The molecule has 15 heteroatoms. The van der Waals surface area contributed by atoms with Gasteiger partial charge in [-0.2, -0.15) is 27.1 Å². The van der Waals surface area contributed by atoms with Crippen molar-refractivity contribution in [2.24, 2.45) is 5.73 Å². The Morgan fingerprint density at radius 3 is 2.19 bits per heavy atom. The van der Waals surface area contributed by atoms with Crippen LogP contribution in [0.2, 0.25) is 0 Å². The van der Waals surface area contributed by atoms with E-state index in [0.717, 1.165) is 22.9 Å². The molecule has 37 heavy (non-hydrogen) atoms. The maximum Gasteiger partial charge on any atom is 0.490 e. The molecule has 0 saturated heterocycles. The minimum absolute atomic E-state index is 0.131. The second-order valence-electron chi connectivity index (χ2n) is 7.58. The number of carboxylic acids is 1. The van der Waals surface area contributed by atoms with Crippen LogP contribution in [-0.2, 0) is 27.6 Å². The number of nitrogens with one attached hydrogen (secondary N) is 1. The van der Waals surface area contributed by atoms with Crippen LogP contribution in [0.15, 0.2) is 69.9 Å². The molecular weight excluding hydrogens is 527 g/mol. The van der Waals surface area contributed by atoms with Crippen LogP contribution >= 0.6 is 0 Å². The summed E-state index contributed by atoms with van der Waals surface area (Å²) in [6.07, 6.45) is -6.05. The minimum atomic E-state index is -5.08. The fourth-order valence-electron chi connectivity index (χ4n) is 2.98. The molecule has 0 atom stereocenters. The van der Waals surface area contributed by atoms with Crippen LogP contribution in [0.25, 0.3) is 11.1 Å². The smallest absolute Gasteiger partial charge is 0.475 e. The number of nitrogens with zero attached hydrogens (tertiary/aromatic N) is 2. The number of rotatable bonds is 7. The fourth-order valence-corrected chi connectivity index (χ4v) is 3.61. The van der Waals surface area contributed by atoms with E-state index in [1.807, 2.05) is 12.1 Å². The standard InChI is InChI=1S/C20H20F2N4O3S.C2HF3O2/c1-30(28,29)17-7-5-14(6-8-17)15-4-2-3-13(9-15)12-26-18(24-25-20(26)27)10-16(11-23)19(21)22;3-2(4,5)1(6)7/h2-9H,10-12,23H2,1H3,(H,25,27);(H,6,7). The highest BCUT2D eigenvalue weighted by Crippen LogP contribution is 2.23. The molecule has 1 heterocycles. The number of nitrogens with two attached hydrogens (primary N) is 1. The number of aromatic nitrogens is 3. The Kier molecular flexibility index (Phi) is 9.47. The predicted molar refractivity (Wildman–Crippen MR) is 123 cm³/mol. The lowest BCUT2D eigenvalue weighted by Crippen LogP contribution is -2.21. The lowest BCUT2D eigenvalue weighted by Gasteiger charge is -2.09. The number of H-pyrrole nitrogens is 1. The molecule has 3 aromatic rings. The third-order valence-electron chi connectivity index (χ3n) is 4.85. The molecule has 9 nitrogen and oxygen atoms in total. The van der Waals surface area contributed by atoms with Crippen LogP contribution in [0.5, 0.6) is 0 Å². The van der Waals surface area contributed by atoms with Gasteiger partial charge in [-0.05, 0) is 34.9 Å². The Hall–Kier alpha value is -3.85. The largest absolute Gasteiger partial charge is 0.490 e. The van der Waals surface area contributed by atoms with Crippen LogP contribution in [0, 0.1) is 0 Å². The van der Waals surface area contributed by atoms with E-state index >= 15 is 0 Å². The molecule has 4 N–H and O–H groups in total. The summed E-state index contributed by atoms with van der Waals surface area (Å²) in [5.74, 6) is -2.59. The van der Waals surface area contributed by atoms with Gasteiger partial charge < -0.3 is 10.8 Å². The van der Waals surface area contributed by atoms with Gasteiger partial charge >= 0.3 is 17.8 Å². The quantitative estimate of drug-likeness (QED) is 0.385. The SMILES string of the molecule is CS(=O)(=O)c1ccc(-c2cccc(Cn3c(CC(CN)=C(F)F)n[nH]c3=O)c2)cc1.O=C(O)C(F)(F)F. The molecule has 0 fully saturated rings. The Morgan fingerprint density at radius 1 is 1.11 bits per heavy atom. The fraction of sp³-hybridized carbons (Fsp3) is 0.227. The first-order valence-electron chi connectivity index (χ1n) is 10.2. The Balaban J connectivity index is 0.000000604. The summed E-state index contributed by atoms with van der Waals surface area (Å²) in [7, 11) is -3.29. The summed E-state index contributed by atoms with van der Waals surface area (Å²) in [5, 5.41) is 13.3. The number of alkyl halides is 3. The average Bonchev–Trinajstić information content (AvgIpc) is 3.15. The highest BCUT2D eigenvalue weighted by molar-refractivity contribution is 7.90. The molecule has 3 rings (SSSR count). The summed E-state index contributed by atoms with van der Waals surface area (Å²) >= 11 is 0. The first-order valence-corrected chi connectivity index (χ1v) is 12.1. The van der Waals surface area contributed by atoms with E-state index in [9.17, 15) is 35.2 Å². The van der Waals surface area contributed by atoms with Gasteiger partial charge in [0.1, 0.15) is 5.82 Å². The molecule has 0 bridgehead atoms. The zero-order valence-electron chi connectivity index (χ0n) is 19.1. The third-order valence-corrected chi connectivity index (χ3v) is 5.98. The summed E-state index contributed by atoms with van der Waals surface area (Å²) in [4.78, 5) is 21.2. The molecular formula is C22H21F5N4O5S. The Labute approximate surface area is 207 Å². The number of halogens is 5. The van der Waals surface area contributed by atoms with E-state index in [2.05, 4.69) is 10.2 Å². The van der Waals surface area contributed by atoms with Gasteiger partial charge in [-0.15, -0.1) is 0 Å². The molecule has 0 spiro atoms. The third kappa shape index (κ3) is 8.35. The van der Waals surface area contributed by atoms with Crippen molar-refractivity contribution in [3.8, 4) is 11.1 Å². The number of benzene rings is 2. The zero-order chi connectivity index (χ0) is 28.0. The van der Waals surface area contributed by atoms with Crippen LogP contribution in [0.4, 0.5) is 22.0 Å². The number of aliphatic carboxylic acids is 1. The number of carboxylic acid groups (broad SMARTS) is 1. The topological polar surface area (TPSA) is 148 Å². The van der Waals surface area contributed by atoms with E-state index in [1.165, 1.54) is 16.7 Å². The zero-order valence-corrected chi connectivity index (χ0v) is 19.9. The van der Waals surface area contributed by atoms with Crippen molar-refractivity contribution >= 4 is 15.8 Å². The first kappa shape index (κ1) is 29.4. The van der Waals surface area contributed by atoms with Crippen LogP contribution in [-0.4, -0.2) is 53.2 Å². The second kappa shape index (κ2) is 11.9. The van der Waals surface area contributed by atoms with Gasteiger partial charge in [-0.3, -0.25) is 4.57 Å². The normalized spacial score (nSPS) is 11.4. The van der Waals surface area contributed by atoms with Gasteiger partial charge in [-0.25, -0.2) is 23.1 Å². The highest BCUT2D eigenvalue weighted by atomic mass is 32.2. The van der Waals surface area contributed by atoms with E-state index in [-0.39, 0.29) is 35.8 Å². The van der Waals surface area contributed by atoms with Crippen molar-refractivity contribution in [3.05, 3.63) is 82.1 Å². The number of carbonyl (C=O) groups is 1. The van der Waals surface area contributed by atoms with Crippen LogP contribution in [0.1, 0.15) is 11.4 Å². The van der Waals surface area contributed by atoms with Crippen molar-refractivity contribution in [1.29, 1.82) is 0 Å². The van der Waals surface area contributed by atoms with E-state index < -0.39 is 33.8 Å². The molecule has 200 valence electrons.